The molecule has 6 heteroatoms. The Balaban J connectivity index is 1.39. The molecule has 26 heavy (non-hydrogen) atoms. The molecular formula is C20H27N5O. The van der Waals surface area contributed by atoms with Crippen LogP contribution in [0.2, 0.25) is 0 Å². The highest BCUT2D eigenvalue weighted by atomic mass is 16.5. The number of rotatable bonds is 5. The lowest BCUT2D eigenvalue weighted by Crippen LogP contribution is -2.35. The van der Waals surface area contributed by atoms with Crippen LogP contribution in [0.1, 0.15) is 17.5 Å². The lowest BCUT2D eigenvalue weighted by atomic mass is 10.1. The van der Waals surface area contributed by atoms with Crippen LogP contribution in [0, 0.1) is 0 Å². The molecule has 1 aromatic carbocycles. The van der Waals surface area contributed by atoms with E-state index in [4.69, 9.17) is 4.74 Å². The lowest BCUT2D eigenvalue weighted by molar-refractivity contribution is 0.325. The zero-order chi connectivity index (χ0) is 18.1. The predicted molar refractivity (Wildman–Crippen MR) is 104 cm³/mol. The SMILES string of the molecule is CN(C)c1nccc(N(C)C2CCN(Cc3ccc4c(c3)CCO4)C2)n1. The highest BCUT2D eigenvalue weighted by Crippen LogP contribution is 2.27. The van der Waals surface area contributed by atoms with Crippen LogP contribution in [0.3, 0.4) is 0 Å². The fraction of sp³-hybridized carbons (Fsp3) is 0.500. The van der Waals surface area contributed by atoms with Crippen LogP contribution in [0.25, 0.3) is 0 Å². The van der Waals surface area contributed by atoms with Crippen LogP contribution in [-0.4, -0.2) is 61.7 Å². The maximum absolute atomic E-state index is 5.61. The van der Waals surface area contributed by atoms with E-state index in [1.165, 1.54) is 11.1 Å². The van der Waals surface area contributed by atoms with Gasteiger partial charge >= 0.3 is 0 Å². The third kappa shape index (κ3) is 3.46. The molecule has 2 aliphatic heterocycles. The summed E-state index contributed by atoms with van der Waals surface area (Å²) in [5.74, 6) is 2.81. The first-order valence-electron chi connectivity index (χ1n) is 9.30. The molecule has 0 saturated carbocycles. The zero-order valence-corrected chi connectivity index (χ0v) is 15.9. The summed E-state index contributed by atoms with van der Waals surface area (Å²) in [4.78, 5) is 15.8. The van der Waals surface area contributed by atoms with E-state index < -0.39 is 0 Å². The van der Waals surface area contributed by atoms with E-state index in [1.54, 1.807) is 0 Å². The zero-order valence-electron chi connectivity index (χ0n) is 15.9. The van der Waals surface area contributed by atoms with Crippen molar-refractivity contribution in [3.8, 4) is 5.75 Å². The molecule has 1 aromatic heterocycles. The van der Waals surface area contributed by atoms with Crippen molar-refractivity contribution in [1.29, 1.82) is 0 Å². The van der Waals surface area contributed by atoms with Crippen LogP contribution in [0.4, 0.5) is 11.8 Å². The van der Waals surface area contributed by atoms with E-state index >= 15 is 0 Å². The maximum atomic E-state index is 5.61. The number of anilines is 2. The predicted octanol–water partition coefficient (Wildman–Crippen LogP) is 2.19. The molecule has 0 bridgehead atoms. The number of hydrogen-bond donors (Lipinski definition) is 0. The molecule has 6 nitrogen and oxygen atoms in total. The Bertz CT molecular complexity index is 779. The minimum atomic E-state index is 0.484. The minimum absolute atomic E-state index is 0.484. The van der Waals surface area contributed by atoms with E-state index in [0.29, 0.717) is 6.04 Å². The number of aromatic nitrogens is 2. The molecule has 138 valence electrons. The lowest BCUT2D eigenvalue weighted by Gasteiger charge is -2.26. The average molecular weight is 353 g/mol. The fourth-order valence-electron chi connectivity index (χ4n) is 3.81. The number of nitrogens with zero attached hydrogens (tertiary/aromatic N) is 5. The molecule has 2 aliphatic rings. The second-order valence-electron chi connectivity index (χ2n) is 7.44. The summed E-state index contributed by atoms with van der Waals surface area (Å²) in [6, 6.07) is 9.12. The number of hydrogen-bond acceptors (Lipinski definition) is 6. The molecule has 0 amide bonds. The van der Waals surface area contributed by atoms with Crippen molar-refractivity contribution in [2.75, 3.05) is 50.6 Å². The molecule has 0 N–H and O–H groups in total. The Labute approximate surface area is 155 Å². The normalized spacial score (nSPS) is 19.3. The van der Waals surface area contributed by atoms with Gasteiger partial charge in [-0.25, -0.2) is 4.98 Å². The van der Waals surface area contributed by atoms with Crippen molar-refractivity contribution in [3.63, 3.8) is 0 Å². The van der Waals surface area contributed by atoms with Gasteiger partial charge in [-0.15, -0.1) is 0 Å². The van der Waals surface area contributed by atoms with Crippen LogP contribution in [-0.2, 0) is 13.0 Å². The molecule has 0 spiro atoms. The molecule has 4 rings (SSSR count). The van der Waals surface area contributed by atoms with Gasteiger partial charge in [0.2, 0.25) is 5.95 Å². The summed E-state index contributed by atoms with van der Waals surface area (Å²) >= 11 is 0. The van der Waals surface area contributed by atoms with Crippen molar-refractivity contribution in [1.82, 2.24) is 14.9 Å². The monoisotopic (exact) mass is 353 g/mol. The average Bonchev–Trinajstić information content (AvgIpc) is 3.30. The van der Waals surface area contributed by atoms with E-state index in [9.17, 15) is 0 Å². The molecule has 2 aromatic rings. The van der Waals surface area contributed by atoms with Gasteiger partial charge in [0.15, 0.2) is 0 Å². The van der Waals surface area contributed by atoms with Gasteiger partial charge in [-0.2, -0.15) is 4.98 Å². The highest BCUT2D eigenvalue weighted by Gasteiger charge is 2.27. The van der Waals surface area contributed by atoms with Crippen LogP contribution in [0.15, 0.2) is 30.5 Å². The molecule has 0 radical (unpaired) electrons. The maximum Gasteiger partial charge on any atom is 0.226 e. The van der Waals surface area contributed by atoms with Gasteiger partial charge in [0.05, 0.1) is 6.61 Å². The molecule has 1 atom stereocenters. The van der Waals surface area contributed by atoms with Gasteiger partial charge in [-0.3, -0.25) is 4.90 Å². The molecule has 1 fully saturated rings. The number of fused-ring (bicyclic) bond motifs is 1. The first kappa shape index (κ1) is 17.1. The quantitative estimate of drug-likeness (QED) is 0.821. The van der Waals surface area contributed by atoms with Gasteiger partial charge in [-0.05, 0) is 29.7 Å². The first-order valence-corrected chi connectivity index (χ1v) is 9.30. The van der Waals surface area contributed by atoms with Gasteiger partial charge in [0, 0.05) is 59.4 Å². The largest absolute Gasteiger partial charge is 0.493 e. The van der Waals surface area contributed by atoms with Gasteiger partial charge in [0.25, 0.3) is 0 Å². The second kappa shape index (κ2) is 7.11. The molecule has 1 saturated heterocycles. The van der Waals surface area contributed by atoms with Crippen LogP contribution in [0.5, 0.6) is 5.75 Å². The fourth-order valence-corrected chi connectivity index (χ4v) is 3.81. The van der Waals surface area contributed by atoms with Gasteiger partial charge in [0.1, 0.15) is 11.6 Å². The Morgan fingerprint density at radius 1 is 1.23 bits per heavy atom. The second-order valence-corrected chi connectivity index (χ2v) is 7.44. The van der Waals surface area contributed by atoms with Crippen molar-refractivity contribution < 1.29 is 4.74 Å². The Hall–Kier alpha value is -2.34. The Morgan fingerprint density at radius 2 is 2.12 bits per heavy atom. The summed E-state index contributed by atoms with van der Waals surface area (Å²) in [5.41, 5.74) is 2.74. The molecular weight excluding hydrogens is 326 g/mol. The molecule has 0 aliphatic carbocycles. The van der Waals surface area contributed by atoms with Crippen molar-refractivity contribution >= 4 is 11.8 Å². The summed E-state index contributed by atoms with van der Waals surface area (Å²) in [7, 11) is 6.08. The van der Waals surface area contributed by atoms with Crippen molar-refractivity contribution in [3.05, 3.63) is 41.6 Å². The third-order valence-electron chi connectivity index (χ3n) is 5.34. The highest BCUT2D eigenvalue weighted by molar-refractivity contribution is 5.44. The molecule has 1 unspecified atom stereocenters. The van der Waals surface area contributed by atoms with Crippen molar-refractivity contribution in [2.45, 2.75) is 25.4 Å². The van der Waals surface area contributed by atoms with E-state index in [2.05, 4.69) is 45.0 Å². The number of likely N-dealkylation sites (tertiary alicyclic amines) is 1. The number of benzene rings is 1. The van der Waals surface area contributed by atoms with E-state index in [1.807, 2.05) is 31.3 Å². The molecule has 3 heterocycles. The summed E-state index contributed by atoms with van der Waals surface area (Å²) in [6.45, 7) is 4.01. The van der Waals surface area contributed by atoms with Gasteiger partial charge in [-0.1, -0.05) is 12.1 Å². The van der Waals surface area contributed by atoms with Gasteiger partial charge < -0.3 is 14.5 Å². The Morgan fingerprint density at radius 3 is 2.96 bits per heavy atom. The van der Waals surface area contributed by atoms with Crippen LogP contribution >= 0.6 is 0 Å². The summed E-state index contributed by atoms with van der Waals surface area (Å²) < 4.78 is 5.61. The van der Waals surface area contributed by atoms with Crippen molar-refractivity contribution in [2.24, 2.45) is 0 Å². The van der Waals surface area contributed by atoms with Crippen LogP contribution < -0.4 is 14.5 Å². The third-order valence-corrected chi connectivity index (χ3v) is 5.34. The topological polar surface area (TPSA) is 44.7 Å². The summed E-state index contributed by atoms with van der Waals surface area (Å²) in [6.07, 6.45) is 4.04. The summed E-state index contributed by atoms with van der Waals surface area (Å²) in [5, 5.41) is 0. The number of ether oxygens (including phenoxy) is 1. The standard InChI is InChI=1S/C20H27N5O/c1-23(2)20-21-9-6-19(22-20)24(3)17-7-10-25(14-17)13-15-4-5-18-16(12-15)8-11-26-18/h4-6,9,12,17H,7-8,10-11,13-14H2,1-3H3. The smallest absolute Gasteiger partial charge is 0.226 e. The Kier molecular flexibility index (Phi) is 4.68. The van der Waals surface area contributed by atoms with E-state index in [0.717, 1.165) is 56.6 Å². The number of likely N-dealkylation sites (N-methyl/N-ethyl adjacent to an activating group) is 1. The first-order chi connectivity index (χ1) is 12.6. The van der Waals surface area contributed by atoms with E-state index in [-0.39, 0.29) is 0 Å². The minimum Gasteiger partial charge on any atom is -0.493 e.